The van der Waals surface area contributed by atoms with Crippen LogP contribution >= 0.6 is 15.9 Å². The number of ether oxygens (including phenoxy) is 1. The Morgan fingerprint density at radius 2 is 1.93 bits per heavy atom. The smallest absolute Gasteiger partial charge is 0.134 e. The summed E-state index contributed by atoms with van der Waals surface area (Å²) in [6.07, 6.45) is 0. The first-order chi connectivity index (χ1) is 6.92. The van der Waals surface area contributed by atoms with Crippen molar-refractivity contribution in [1.29, 1.82) is 0 Å². The van der Waals surface area contributed by atoms with Crippen LogP contribution in [0.4, 0.5) is 0 Å². The van der Waals surface area contributed by atoms with E-state index in [9.17, 15) is 0 Å². The van der Waals surface area contributed by atoms with Crippen LogP contribution in [-0.4, -0.2) is 15.2 Å². The average Bonchev–Trinajstić information content (AvgIpc) is 2.14. The van der Waals surface area contributed by atoms with E-state index in [1.54, 1.807) is 7.11 Å². The molecule has 1 aromatic rings. The van der Waals surface area contributed by atoms with Crippen LogP contribution in [-0.2, 0) is 0 Å². The molecule has 0 bridgehead atoms. The Kier molecular flexibility index (Phi) is 4.01. The molecule has 0 aliphatic heterocycles. The van der Waals surface area contributed by atoms with Gasteiger partial charge in [0, 0.05) is 4.47 Å². The molecule has 0 radical (unpaired) electrons. The predicted octanol–water partition coefficient (Wildman–Crippen LogP) is 3.69. The Morgan fingerprint density at radius 3 is 2.47 bits per heavy atom. The SMILES string of the molecule is COc1ccc(Br)cc1C#C[Si](C)(C)C. The van der Waals surface area contributed by atoms with Crippen molar-refractivity contribution >= 4 is 24.0 Å². The van der Waals surface area contributed by atoms with Gasteiger partial charge in [-0.2, -0.15) is 0 Å². The molecule has 0 aliphatic rings. The Labute approximate surface area is 101 Å². The molecule has 0 saturated carbocycles. The molecule has 0 saturated heterocycles. The van der Waals surface area contributed by atoms with Crippen molar-refractivity contribution in [3.05, 3.63) is 28.2 Å². The first-order valence-electron chi connectivity index (χ1n) is 4.79. The molecule has 1 rings (SSSR count). The standard InChI is InChI=1S/C12H15BrOSi/c1-14-12-6-5-11(13)9-10(12)7-8-15(2,3)4/h5-6,9H,1-4H3. The van der Waals surface area contributed by atoms with Gasteiger partial charge < -0.3 is 4.74 Å². The lowest BCUT2D eigenvalue weighted by Crippen LogP contribution is -2.16. The second-order valence-electron chi connectivity index (χ2n) is 4.34. The van der Waals surface area contributed by atoms with Crippen molar-refractivity contribution < 1.29 is 4.74 Å². The molecule has 1 aromatic carbocycles. The van der Waals surface area contributed by atoms with E-state index in [1.807, 2.05) is 18.2 Å². The number of benzene rings is 1. The second-order valence-corrected chi connectivity index (χ2v) is 10.0. The van der Waals surface area contributed by atoms with E-state index in [0.717, 1.165) is 15.8 Å². The highest BCUT2D eigenvalue weighted by Crippen LogP contribution is 2.22. The summed E-state index contributed by atoms with van der Waals surface area (Å²) in [7, 11) is 0.345. The summed E-state index contributed by atoms with van der Waals surface area (Å²) in [6.45, 7) is 6.68. The molecule has 3 heteroatoms. The second kappa shape index (κ2) is 4.87. The molecule has 0 aromatic heterocycles. The van der Waals surface area contributed by atoms with E-state index in [2.05, 4.69) is 47.0 Å². The highest BCUT2D eigenvalue weighted by molar-refractivity contribution is 9.10. The quantitative estimate of drug-likeness (QED) is 0.564. The van der Waals surface area contributed by atoms with Gasteiger partial charge in [0.25, 0.3) is 0 Å². The molecule has 80 valence electrons. The molecule has 0 aliphatic carbocycles. The minimum Gasteiger partial charge on any atom is -0.495 e. The maximum atomic E-state index is 5.26. The molecule has 0 spiro atoms. The summed E-state index contributed by atoms with van der Waals surface area (Å²) >= 11 is 3.43. The van der Waals surface area contributed by atoms with Gasteiger partial charge in [-0.15, -0.1) is 5.54 Å². The first-order valence-corrected chi connectivity index (χ1v) is 9.08. The van der Waals surface area contributed by atoms with Crippen LogP contribution in [0.25, 0.3) is 0 Å². The van der Waals surface area contributed by atoms with Gasteiger partial charge in [0.15, 0.2) is 0 Å². The van der Waals surface area contributed by atoms with Crippen LogP contribution in [0.15, 0.2) is 22.7 Å². The van der Waals surface area contributed by atoms with Crippen LogP contribution in [0.2, 0.25) is 19.6 Å². The Balaban J connectivity index is 3.11. The molecule has 0 heterocycles. The zero-order valence-electron chi connectivity index (χ0n) is 9.52. The van der Waals surface area contributed by atoms with Gasteiger partial charge in [-0.25, -0.2) is 0 Å². The van der Waals surface area contributed by atoms with Gasteiger partial charge in [0.05, 0.1) is 12.7 Å². The highest BCUT2D eigenvalue weighted by atomic mass is 79.9. The number of methoxy groups -OCH3 is 1. The Bertz CT molecular complexity index is 410. The lowest BCUT2D eigenvalue weighted by molar-refractivity contribution is 0.413. The molecule has 0 amide bonds. The van der Waals surface area contributed by atoms with Crippen LogP contribution in [0.3, 0.4) is 0 Å². The molecular formula is C12H15BrOSi. The van der Waals surface area contributed by atoms with Crippen molar-refractivity contribution in [3.63, 3.8) is 0 Å². The van der Waals surface area contributed by atoms with Gasteiger partial charge in [-0.05, 0) is 18.2 Å². The zero-order valence-corrected chi connectivity index (χ0v) is 12.1. The molecule has 0 atom stereocenters. The maximum Gasteiger partial charge on any atom is 0.134 e. The van der Waals surface area contributed by atoms with Gasteiger partial charge in [0.1, 0.15) is 13.8 Å². The van der Waals surface area contributed by atoms with Crippen molar-refractivity contribution in [2.45, 2.75) is 19.6 Å². The molecular weight excluding hydrogens is 268 g/mol. The number of hydrogen-bond donors (Lipinski definition) is 0. The largest absolute Gasteiger partial charge is 0.495 e. The van der Waals surface area contributed by atoms with E-state index < -0.39 is 8.07 Å². The summed E-state index contributed by atoms with van der Waals surface area (Å²) in [5.74, 6) is 4.04. The summed E-state index contributed by atoms with van der Waals surface area (Å²) in [5, 5.41) is 0. The van der Waals surface area contributed by atoms with E-state index in [0.29, 0.717) is 0 Å². The number of halogens is 1. The summed E-state index contributed by atoms with van der Waals surface area (Å²) in [5.41, 5.74) is 4.28. The van der Waals surface area contributed by atoms with Crippen LogP contribution < -0.4 is 4.74 Å². The lowest BCUT2D eigenvalue weighted by Gasteiger charge is -2.06. The summed E-state index contributed by atoms with van der Waals surface area (Å²) in [4.78, 5) is 0. The Morgan fingerprint density at radius 1 is 1.27 bits per heavy atom. The maximum absolute atomic E-state index is 5.26. The fraction of sp³-hybridized carbons (Fsp3) is 0.333. The van der Waals surface area contributed by atoms with E-state index in [-0.39, 0.29) is 0 Å². The Hall–Kier alpha value is -0.723. The first kappa shape index (κ1) is 12.3. The van der Waals surface area contributed by atoms with Gasteiger partial charge in [-0.1, -0.05) is 41.5 Å². The molecule has 0 fully saturated rings. The summed E-state index contributed by atoms with van der Waals surface area (Å²) < 4.78 is 6.29. The van der Waals surface area contributed by atoms with Crippen LogP contribution in [0.1, 0.15) is 5.56 Å². The normalized spacial score (nSPS) is 10.5. The number of rotatable bonds is 1. The minimum absolute atomic E-state index is 0.837. The fourth-order valence-electron chi connectivity index (χ4n) is 1.03. The van der Waals surface area contributed by atoms with Crippen LogP contribution in [0, 0.1) is 11.5 Å². The lowest BCUT2D eigenvalue weighted by atomic mass is 10.2. The minimum atomic E-state index is -1.33. The average molecular weight is 283 g/mol. The molecule has 15 heavy (non-hydrogen) atoms. The van der Waals surface area contributed by atoms with Crippen molar-refractivity contribution in [2.24, 2.45) is 0 Å². The third kappa shape index (κ3) is 4.11. The monoisotopic (exact) mass is 282 g/mol. The van der Waals surface area contributed by atoms with E-state index in [1.165, 1.54) is 0 Å². The van der Waals surface area contributed by atoms with E-state index >= 15 is 0 Å². The van der Waals surface area contributed by atoms with E-state index in [4.69, 9.17) is 4.74 Å². The van der Waals surface area contributed by atoms with Crippen LogP contribution in [0.5, 0.6) is 5.75 Å². The van der Waals surface area contributed by atoms with Crippen molar-refractivity contribution in [1.82, 2.24) is 0 Å². The van der Waals surface area contributed by atoms with Crippen molar-refractivity contribution in [2.75, 3.05) is 7.11 Å². The molecule has 0 unspecified atom stereocenters. The summed E-state index contributed by atoms with van der Waals surface area (Å²) in [6, 6.07) is 5.88. The van der Waals surface area contributed by atoms with Crippen molar-refractivity contribution in [3.8, 4) is 17.2 Å². The van der Waals surface area contributed by atoms with Gasteiger partial charge in [-0.3, -0.25) is 0 Å². The third-order valence-corrected chi connectivity index (χ3v) is 3.10. The predicted molar refractivity (Wildman–Crippen MR) is 70.9 cm³/mol. The topological polar surface area (TPSA) is 9.23 Å². The molecule has 1 nitrogen and oxygen atoms in total. The fourth-order valence-corrected chi connectivity index (χ4v) is 1.90. The number of hydrogen-bond acceptors (Lipinski definition) is 1. The van der Waals surface area contributed by atoms with Gasteiger partial charge >= 0.3 is 0 Å². The zero-order chi connectivity index (χ0) is 11.5. The molecule has 0 N–H and O–H groups in total. The highest BCUT2D eigenvalue weighted by Gasteiger charge is 2.08. The van der Waals surface area contributed by atoms with Gasteiger partial charge in [0.2, 0.25) is 0 Å². The third-order valence-electron chi connectivity index (χ3n) is 1.73.